The molecule has 0 amide bonds. The van der Waals surface area contributed by atoms with Crippen LogP contribution < -0.4 is 5.56 Å². The molecule has 0 aliphatic heterocycles. The van der Waals surface area contributed by atoms with Gasteiger partial charge in [-0.1, -0.05) is 78.5 Å². The van der Waals surface area contributed by atoms with Gasteiger partial charge in [0.25, 0.3) is 5.56 Å². The standard InChI is InChI=1S/C29H20N2O3S2/c1-18-25(19-10-4-2-5-11-19)26-27(36-18)30-29(31(28(26)33)21-13-6-3-7-14-21)35-17-22(32)24-16-20-12-8-9-15-23(20)34-24/h2-16H,17H2,1H3. The Balaban J connectivity index is 1.45. The van der Waals surface area contributed by atoms with Crippen molar-refractivity contribution in [3.05, 3.63) is 112 Å². The van der Waals surface area contributed by atoms with Gasteiger partial charge in [0.1, 0.15) is 10.4 Å². The van der Waals surface area contributed by atoms with Gasteiger partial charge in [-0.25, -0.2) is 4.98 Å². The summed E-state index contributed by atoms with van der Waals surface area (Å²) >= 11 is 2.74. The second-order valence-corrected chi connectivity index (χ2v) is 10.5. The fourth-order valence-corrected chi connectivity index (χ4v) is 6.29. The number of aromatic nitrogens is 2. The number of ketones is 1. The predicted octanol–water partition coefficient (Wildman–Crippen LogP) is 7.14. The van der Waals surface area contributed by atoms with E-state index in [1.807, 2.05) is 91.9 Å². The van der Waals surface area contributed by atoms with Gasteiger partial charge in [0.05, 0.1) is 16.8 Å². The maximum Gasteiger partial charge on any atom is 0.268 e. The molecule has 7 heteroatoms. The molecule has 3 aromatic heterocycles. The van der Waals surface area contributed by atoms with E-state index in [9.17, 15) is 9.59 Å². The average molecular weight is 509 g/mol. The molecule has 0 aliphatic carbocycles. The molecule has 0 bridgehead atoms. The third-order valence-corrected chi connectivity index (χ3v) is 7.92. The number of benzene rings is 3. The van der Waals surface area contributed by atoms with Crippen LogP contribution in [0.25, 0.3) is 38.0 Å². The summed E-state index contributed by atoms with van der Waals surface area (Å²) < 4.78 is 7.35. The van der Waals surface area contributed by atoms with Gasteiger partial charge < -0.3 is 4.42 Å². The van der Waals surface area contributed by atoms with Gasteiger partial charge in [-0.15, -0.1) is 11.3 Å². The molecule has 0 fully saturated rings. The highest BCUT2D eigenvalue weighted by atomic mass is 32.2. The molecule has 0 unspecified atom stereocenters. The Morgan fingerprint density at radius 3 is 2.42 bits per heavy atom. The van der Waals surface area contributed by atoms with Crippen molar-refractivity contribution in [2.45, 2.75) is 12.1 Å². The molecule has 3 heterocycles. The van der Waals surface area contributed by atoms with Gasteiger partial charge in [0.2, 0.25) is 5.78 Å². The molecule has 0 spiro atoms. The Labute approximate surface area is 215 Å². The lowest BCUT2D eigenvalue weighted by Crippen LogP contribution is -2.22. The molecule has 0 aliphatic rings. The highest BCUT2D eigenvalue weighted by Crippen LogP contribution is 2.37. The van der Waals surface area contributed by atoms with Crippen molar-refractivity contribution >= 4 is 50.1 Å². The number of thioether (sulfide) groups is 1. The van der Waals surface area contributed by atoms with E-state index in [-0.39, 0.29) is 17.1 Å². The molecule has 6 rings (SSSR count). The highest BCUT2D eigenvalue weighted by Gasteiger charge is 2.22. The second-order valence-electron chi connectivity index (χ2n) is 8.31. The molecule has 36 heavy (non-hydrogen) atoms. The van der Waals surface area contributed by atoms with Crippen LogP contribution in [-0.2, 0) is 0 Å². The molecular weight excluding hydrogens is 488 g/mol. The number of rotatable bonds is 6. The predicted molar refractivity (Wildman–Crippen MR) is 147 cm³/mol. The van der Waals surface area contributed by atoms with E-state index in [0.717, 1.165) is 21.4 Å². The number of carbonyl (C=O) groups is 1. The molecule has 6 aromatic rings. The summed E-state index contributed by atoms with van der Waals surface area (Å²) in [7, 11) is 0. The quantitative estimate of drug-likeness (QED) is 0.136. The molecule has 0 N–H and O–H groups in total. The number of furan rings is 1. The van der Waals surface area contributed by atoms with Crippen LogP contribution in [0, 0.1) is 6.92 Å². The Kier molecular flexibility index (Phi) is 5.79. The summed E-state index contributed by atoms with van der Waals surface area (Å²) in [6.45, 7) is 2.01. The van der Waals surface area contributed by atoms with Crippen molar-refractivity contribution in [1.82, 2.24) is 9.55 Å². The van der Waals surface area contributed by atoms with Crippen LogP contribution in [0.15, 0.2) is 105 Å². The van der Waals surface area contributed by atoms with E-state index >= 15 is 0 Å². The van der Waals surface area contributed by atoms with E-state index in [1.54, 1.807) is 10.6 Å². The minimum atomic E-state index is -0.155. The average Bonchev–Trinajstić information content (AvgIpc) is 3.49. The monoisotopic (exact) mass is 508 g/mol. The number of thiophene rings is 1. The van der Waals surface area contributed by atoms with Crippen LogP contribution in [0.5, 0.6) is 0 Å². The van der Waals surface area contributed by atoms with Gasteiger partial charge in [0.15, 0.2) is 10.9 Å². The van der Waals surface area contributed by atoms with Crippen molar-refractivity contribution in [3.8, 4) is 16.8 Å². The Morgan fingerprint density at radius 2 is 1.67 bits per heavy atom. The van der Waals surface area contributed by atoms with Crippen LogP contribution in [0.4, 0.5) is 0 Å². The normalized spacial score (nSPS) is 11.4. The second kappa shape index (κ2) is 9.26. The van der Waals surface area contributed by atoms with Gasteiger partial charge >= 0.3 is 0 Å². The Hall–Kier alpha value is -3.94. The highest BCUT2D eigenvalue weighted by molar-refractivity contribution is 7.99. The maximum absolute atomic E-state index is 14.0. The largest absolute Gasteiger partial charge is 0.453 e. The maximum atomic E-state index is 14.0. The molecule has 0 radical (unpaired) electrons. The van der Waals surface area contributed by atoms with Gasteiger partial charge in [-0.05, 0) is 36.8 Å². The number of nitrogens with zero attached hydrogens (tertiary/aromatic N) is 2. The molecule has 0 saturated carbocycles. The molecule has 0 atom stereocenters. The SMILES string of the molecule is Cc1sc2nc(SCC(=O)c3cc4ccccc4o3)n(-c3ccccc3)c(=O)c2c1-c1ccccc1. The van der Waals surface area contributed by atoms with E-state index in [0.29, 0.717) is 32.4 Å². The topological polar surface area (TPSA) is 65.1 Å². The zero-order valence-corrected chi connectivity index (χ0v) is 20.9. The Morgan fingerprint density at radius 1 is 0.972 bits per heavy atom. The summed E-state index contributed by atoms with van der Waals surface area (Å²) in [6, 6.07) is 28.6. The number of Topliss-reactive ketones (excluding diaryl/α,β-unsaturated/α-hetero) is 1. The van der Waals surface area contributed by atoms with E-state index in [1.165, 1.54) is 23.1 Å². The van der Waals surface area contributed by atoms with Crippen LogP contribution in [-0.4, -0.2) is 21.1 Å². The van der Waals surface area contributed by atoms with Crippen LogP contribution in [0.2, 0.25) is 0 Å². The van der Waals surface area contributed by atoms with Crippen molar-refractivity contribution in [1.29, 1.82) is 0 Å². The van der Waals surface area contributed by atoms with Crippen LogP contribution >= 0.6 is 23.1 Å². The first kappa shape index (κ1) is 22.5. The lowest BCUT2D eigenvalue weighted by Gasteiger charge is -2.12. The first-order valence-corrected chi connectivity index (χ1v) is 13.2. The minimum Gasteiger partial charge on any atom is -0.453 e. The Bertz CT molecular complexity index is 1750. The summed E-state index contributed by atoms with van der Waals surface area (Å²) in [4.78, 5) is 33.6. The van der Waals surface area contributed by atoms with Crippen molar-refractivity contribution in [3.63, 3.8) is 0 Å². The van der Waals surface area contributed by atoms with E-state index in [4.69, 9.17) is 9.40 Å². The smallest absolute Gasteiger partial charge is 0.268 e. The number of carbonyl (C=O) groups excluding carboxylic acids is 1. The van der Waals surface area contributed by atoms with E-state index < -0.39 is 0 Å². The molecule has 0 saturated heterocycles. The number of hydrogen-bond acceptors (Lipinski definition) is 6. The summed E-state index contributed by atoms with van der Waals surface area (Å²) in [5, 5.41) is 1.96. The molecule has 176 valence electrons. The third kappa shape index (κ3) is 3.96. The zero-order valence-electron chi connectivity index (χ0n) is 19.3. The fraction of sp³-hybridized carbons (Fsp3) is 0.0690. The van der Waals surface area contributed by atoms with Crippen molar-refractivity contribution < 1.29 is 9.21 Å². The summed E-state index contributed by atoms with van der Waals surface area (Å²) in [6.07, 6.45) is 0. The number of aryl methyl sites for hydroxylation is 1. The lowest BCUT2D eigenvalue weighted by molar-refractivity contribution is 0.0994. The van der Waals surface area contributed by atoms with Crippen LogP contribution in [0.3, 0.4) is 0 Å². The van der Waals surface area contributed by atoms with Gasteiger partial charge in [0, 0.05) is 15.8 Å². The fourth-order valence-electron chi connectivity index (χ4n) is 4.32. The van der Waals surface area contributed by atoms with Crippen molar-refractivity contribution in [2.24, 2.45) is 0 Å². The van der Waals surface area contributed by atoms with Crippen molar-refractivity contribution in [2.75, 3.05) is 5.75 Å². The number of fused-ring (bicyclic) bond motifs is 2. The zero-order chi connectivity index (χ0) is 24.6. The molecular formula is C29H20N2O3S2. The summed E-state index contributed by atoms with van der Waals surface area (Å²) in [5.74, 6) is 0.245. The van der Waals surface area contributed by atoms with Crippen LogP contribution in [0.1, 0.15) is 15.4 Å². The third-order valence-electron chi connectivity index (χ3n) is 5.98. The van der Waals surface area contributed by atoms with Gasteiger partial charge in [-0.2, -0.15) is 0 Å². The number of para-hydroxylation sites is 2. The number of hydrogen-bond donors (Lipinski definition) is 0. The summed E-state index contributed by atoms with van der Waals surface area (Å²) in [5.41, 5.74) is 3.13. The van der Waals surface area contributed by atoms with Gasteiger partial charge in [-0.3, -0.25) is 14.2 Å². The first-order valence-electron chi connectivity index (χ1n) is 11.4. The molecule has 5 nitrogen and oxygen atoms in total. The lowest BCUT2D eigenvalue weighted by atomic mass is 10.0. The first-order chi connectivity index (χ1) is 17.6. The molecule has 3 aromatic carbocycles. The minimum absolute atomic E-state index is 0.0977. The van der Waals surface area contributed by atoms with E-state index in [2.05, 4.69) is 0 Å².